The molecule has 0 aliphatic carbocycles. The predicted octanol–water partition coefficient (Wildman–Crippen LogP) is 12.1. The molecule has 2 aromatic carbocycles. The number of allylic oxidation sites excluding steroid dienone is 2. The van der Waals surface area contributed by atoms with Crippen LogP contribution in [0, 0.1) is 40.4 Å². The number of rotatable bonds is 14. The van der Waals surface area contributed by atoms with Gasteiger partial charge in [0.25, 0.3) is 11.8 Å². The molecule has 2 saturated heterocycles. The summed E-state index contributed by atoms with van der Waals surface area (Å²) < 4.78 is 14.4. The first-order valence-corrected chi connectivity index (χ1v) is 31.9. The minimum atomic E-state index is -1.73. The molecule has 88 heavy (non-hydrogen) atoms. The number of nitrogens with one attached hydrogen (secondary N) is 4. The monoisotopic (exact) mass is 1270 g/mol. The zero-order valence-electron chi connectivity index (χ0n) is 53.5. The predicted molar refractivity (Wildman–Crippen MR) is 346 cm³/mol. The second-order valence-electron chi connectivity index (χ2n) is 25.9. The number of aromatic nitrogens is 2. The van der Waals surface area contributed by atoms with Crippen molar-refractivity contribution in [1.82, 2.24) is 41.5 Å². The number of cyclic esters (lactones) is 1. The quantitative estimate of drug-likeness (QED) is 0.0523. The van der Waals surface area contributed by atoms with E-state index < -0.39 is 58.7 Å². The Balaban J connectivity index is 0.000000288. The number of fused-ring (bicyclic) bond motifs is 5. The van der Waals surface area contributed by atoms with Crippen LogP contribution in [0.5, 0.6) is 0 Å². The molecule has 0 radical (unpaired) electrons. The molecule has 4 N–H and O–H groups in total. The third kappa shape index (κ3) is 20.4. The van der Waals surface area contributed by atoms with Gasteiger partial charge in [-0.1, -0.05) is 158 Å². The van der Waals surface area contributed by atoms with E-state index in [1.165, 1.54) is 16.9 Å². The zero-order valence-corrected chi connectivity index (χ0v) is 55.8. The highest BCUT2D eigenvalue weighted by Gasteiger charge is 2.37. The Kier molecular flexibility index (Phi) is 25.0. The average molecular weight is 1270 g/mol. The van der Waals surface area contributed by atoms with Crippen LogP contribution in [0.4, 0.5) is 0 Å². The van der Waals surface area contributed by atoms with E-state index in [4.69, 9.17) is 59.0 Å². The van der Waals surface area contributed by atoms with E-state index in [0.29, 0.717) is 63.0 Å². The van der Waals surface area contributed by atoms with Crippen molar-refractivity contribution < 1.29 is 47.8 Å². The minimum absolute atomic E-state index is 0.0323. The van der Waals surface area contributed by atoms with Crippen molar-refractivity contribution in [2.24, 2.45) is 40.4 Å². The van der Waals surface area contributed by atoms with Crippen molar-refractivity contribution in [3.63, 3.8) is 0 Å². The van der Waals surface area contributed by atoms with E-state index >= 15 is 0 Å². The summed E-state index contributed by atoms with van der Waals surface area (Å²) in [7, 11) is 0. The molecular formula is C67H91Cl3N8O10. The fourth-order valence-corrected chi connectivity index (χ4v) is 11.0. The molecule has 2 fully saturated rings. The summed E-state index contributed by atoms with van der Waals surface area (Å²) in [4.78, 5) is 99.8. The van der Waals surface area contributed by atoms with Crippen LogP contribution in [0.1, 0.15) is 177 Å². The molecule has 480 valence electrons. The van der Waals surface area contributed by atoms with Gasteiger partial charge in [-0.25, -0.2) is 20.8 Å². The summed E-state index contributed by atoms with van der Waals surface area (Å²) >= 11 is 17.0. The van der Waals surface area contributed by atoms with Gasteiger partial charge >= 0.3 is 17.9 Å². The van der Waals surface area contributed by atoms with E-state index in [1.54, 1.807) is 20.8 Å². The van der Waals surface area contributed by atoms with Crippen molar-refractivity contribution in [3.8, 4) is 0 Å². The third-order valence-electron chi connectivity index (χ3n) is 16.9. The first-order valence-electron chi connectivity index (χ1n) is 30.8. The second kappa shape index (κ2) is 31.0. The zero-order chi connectivity index (χ0) is 65.0. The Bertz CT molecular complexity index is 3200. The molecule has 0 saturated carbocycles. The molecule has 0 spiro atoms. The molecule has 7 rings (SSSR count). The van der Waals surface area contributed by atoms with Gasteiger partial charge in [-0.05, 0) is 137 Å². The number of hydrogen-bond acceptors (Lipinski definition) is 14. The number of halogens is 3. The number of nitrogens with zero attached hydrogens (tertiary/aromatic N) is 4. The van der Waals surface area contributed by atoms with E-state index in [0.717, 1.165) is 39.4 Å². The van der Waals surface area contributed by atoms with E-state index in [2.05, 4.69) is 86.5 Å². The van der Waals surface area contributed by atoms with Gasteiger partial charge in [-0.2, -0.15) is 0 Å². The summed E-state index contributed by atoms with van der Waals surface area (Å²) in [5.41, 5.74) is 10.5. The minimum Gasteiger partial charge on any atom is -0.460 e. The Labute approximate surface area is 534 Å². The Morgan fingerprint density at radius 2 is 1.51 bits per heavy atom. The van der Waals surface area contributed by atoms with Crippen molar-refractivity contribution in [3.05, 3.63) is 95.3 Å². The molecule has 4 aromatic rings. The number of hydrogen-bond donors (Lipinski definition) is 4. The summed E-state index contributed by atoms with van der Waals surface area (Å²) in [5.74, 6) is -2.62. The number of amides is 4. The molecular weight excluding hydrogens is 1180 g/mol. The molecule has 3 aliphatic heterocycles. The molecule has 2 aromatic heterocycles. The fourth-order valence-electron chi connectivity index (χ4n) is 10.8. The van der Waals surface area contributed by atoms with Gasteiger partial charge in [0.05, 0.1) is 22.4 Å². The van der Waals surface area contributed by atoms with Crippen LogP contribution in [0.3, 0.4) is 0 Å². The molecule has 21 heteroatoms. The fraction of sp³-hybridized carbons (Fsp3) is 0.567. The highest BCUT2D eigenvalue weighted by molar-refractivity contribution is 6.67. The Morgan fingerprint density at radius 1 is 0.852 bits per heavy atom. The van der Waals surface area contributed by atoms with Crippen LogP contribution in [-0.2, 0) is 47.8 Å². The molecule has 1 unspecified atom stereocenters. The van der Waals surface area contributed by atoms with E-state index in [1.807, 2.05) is 89.2 Å². The number of benzene rings is 2. The third-order valence-corrected chi connectivity index (χ3v) is 17.3. The summed E-state index contributed by atoms with van der Waals surface area (Å²) in [6.07, 6.45) is 11.9. The van der Waals surface area contributed by atoms with Gasteiger partial charge in [0.15, 0.2) is 0 Å². The van der Waals surface area contributed by atoms with Gasteiger partial charge in [0, 0.05) is 42.6 Å². The average Bonchev–Trinajstić information content (AvgIpc) is 2.71. The van der Waals surface area contributed by atoms with Crippen LogP contribution in [0.25, 0.3) is 34.0 Å². The standard InChI is InChI=1S/C36H49Cl3N4O6.C31H42N4O4/c1-21(2)28(32(45)40-23(4)33(46)43-17-9-10-30(42-43)34(47)48-20-36(37,38)39)18-22(3)35(7,8)16-15-26-11-12-27-13-14-29(41-31(27)19-26)24(5)49-25(6)44;1-19(2)24-14-16-31(5,6)15-13-22-9-10-23-11-12-25(33-27(23)18-22)21(4)39-30(38)26-8-7-17-35(34-26)29(37)20(3)32-28(24)36/h11-16,19,21-24,28,30,42H,9-10,17-18,20H2,1-8H3,(H,40,45);9-13,15,18-21,24,26,34H,7-8,14,16-17H2,1-6H3,(H,32,36)/b16-15+;15-13+/t22?,23-,24+,28-,30-;20-,21+,24-,26-/m00/s1. The molecule has 5 heterocycles. The van der Waals surface area contributed by atoms with Gasteiger partial charge in [-0.3, -0.25) is 43.6 Å². The molecule has 3 aliphatic rings. The summed E-state index contributed by atoms with van der Waals surface area (Å²) in [6.45, 7) is 27.6. The van der Waals surface area contributed by atoms with Crippen LogP contribution >= 0.6 is 34.8 Å². The first kappa shape index (κ1) is 70.9. The maximum absolute atomic E-state index is 13.6. The van der Waals surface area contributed by atoms with Crippen LogP contribution in [0.2, 0.25) is 0 Å². The lowest BCUT2D eigenvalue weighted by molar-refractivity contribution is -0.157. The summed E-state index contributed by atoms with van der Waals surface area (Å²) in [5, 5.41) is 10.6. The van der Waals surface area contributed by atoms with Crippen LogP contribution in [-0.4, -0.2) is 109 Å². The van der Waals surface area contributed by atoms with Crippen molar-refractivity contribution >= 4 is 110 Å². The number of alkyl halides is 3. The maximum Gasteiger partial charge on any atom is 0.325 e. The van der Waals surface area contributed by atoms with E-state index in [-0.39, 0.29) is 70.0 Å². The molecule has 4 amide bonds. The number of pyridine rings is 2. The molecule has 9 atom stereocenters. The first-order chi connectivity index (χ1) is 41.2. The molecule has 5 bridgehead atoms. The van der Waals surface area contributed by atoms with Crippen LogP contribution < -0.4 is 21.5 Å². The van der Waals surface area contributed by atoms with Crippen molar-refractivity contribution in [2.75, 3.05) is 19.7 Å². The normalized spacial score (nSPS) is 22.4. The molecule has 18 nitrogen and oxygen atoms in total. The Morgan fingerprint density at radius 3 is 2.18 bits per heavy atom. The largest absolute Gasteiger partial charge is 0.460 e. The number of ether oxygens (including phenoxy) is 3. The topological polar surface area (TPSA) is 228 Å². The van der Waals surface area contributed by atoms with E-state index in [9.17, 15) is 33.6 Å². The summed E-state index contributed by atoms with van der Waals surface area (Å²) in [6, 6.07) is 17.0. The van der Waals surface area contributed by atoms with Crippen molar-refractivity contribution in [1.29, 1.82) is 0 Å². The highest BCUT2D eigenvalue weighted by atomic mass is 35.6. The van der Waals surface area contributed by atoms with Gasteiger partial charge in [0.2, 0.25) is 15.6 Å². The van der Waals surface area contributed by atoms with Crippen LogP contribution in [0.15, 0.2) is 72.8 Å². The smallest absolute Gasteiger partial charge is 0.325 e. The van der Waals surface area contributed by atoms with Gasteiger partial charge < -0.3 is 24.8 Å². The van der Waals surface area contributed by atoms with Crippen molar-refractivity contribution in [2.45, 2.75) is 182 Å². The number of carbonyl (C=O) groups excluding carboxylic acids is 7. The lowest BCUT2D eigenvalue weighted by atomic mass is 9.73. The lowest BCUT2D eigenvalue weighted by Crippen LogP contribution is -2.60. The SMILES string of the molecule is CC(=O)O[C@H](C)c1ccc2ccc(/C=C/C(C)(C)C(C)C[C@H](C(=O)N[C@@H](C)C(=O)N3CCC[C@@H](C(=O)OCC(Cl)(Cl)Cl)N3)C(C)C)cc2n1.CC(C)[C@@H]1CCC(C)(C)/C=C/c2ccc3ccc(nc3c2)[C@@H](C)OC(=O)[C@@H]2CCCN(N2)C(=O)[C@H](C)NC1=O. The van der Waals surface area contributed by atoms with Gasteiger partial charge in [0.1, 0.15) is 43.0 Å². The number of carbonyl (C=O) groups is 7. The second-order valence-corrected chi connectivity index (χ2v) is 28.4. The number of esters is 3. The lowest BCUT2D eigenvalue weighted by Gasteiger charge is -2.35. The Hall–Kier alpha value is -6.18. The maximum atomic E-state index is 13.6. The highest BCUT2D eigenvalue weighted by Crippen LogP contribution is 2.37. The number of hydrazine groups is 2. The van der Waals surface area contributed by atoms with Gasteiger partial charge in [-0.15, -0.1) is 0 Å².